The molecule has 0 unspecified atom stereocenters. The molecule has 0 radical (unpaired) electrons. The van der Waals surface area contributed by atoms with Crippen LogP contribution in [0.5, 0.6) is 11.5 Å². The van der Waals surface area contributed by atoms with Crippen LogP contribution in [-0.2, 0) is 0 Å². The van der Waals surface area contributed by atoms with Crippen LogP contribution >= 0.6 is 0 Å². The average molecular weight is 329 g/mol. The Labute approximate surface area is 141 Å². The fourth-order valence-corrected chi connectivity index (χ4v) is 2.80. The van der Waals surface area contributed by atoms with Gasteiger partial charge in [0.05, 0.1) is 25.3 Å². The van der Waals surface area contributed by atoms with E-state index < -0.39 is 0 Å². The molecule has 0 aliphatic rings. The number of nitrogens with one attached hydrogen (secondary N) is 1. The Morgan fingerprint density at radius 3 is 2.54 bits per heavy atom. The Balaban J connectivity index is 2.14. The van der Waals surface area contributed by atoms with Gasteiger partial charge in [-0.3, -0.25) is 4.40 Å². The van der Waals surface area contributed by atoms with Gasteiger partial charge in [-0.2, -0.15) is 0 Å². The fourth-order valence-electron chi connectivity index (χ4n) is 2.80. The summed E-state index contributed by atoms with van der Waals surface area (Å²) in [5, 5.41) is 11.9. The van der Waals surface area contributed by atoms with Gasteiger partial charge in [0.1, 0.15) is 5.82 Å². The zero-order valence-corrected chi connectivity index (χ0v) is 14.6. The summed E-state index contributed by atoms with van der Waals surface area (Å²) in [5.41, 5.74) is 2.43. The third kappa shape index (κ3) is 2.81. The molecular weight excluding hydrogens is 306 g/mol. The lowest BCUT2D eigenvalue weighted by Gasteiger charge is -2.13. The number of hydrogen-bond acceptors (Lipinski definition) is 6. The van der Waals surface area contributed by atoms with Gasteiger partial charge >= 0.3 is 0 Å². The maximum Gasteiger partial charge on any atom is 0.204 e. The molecule has 3 rings (SSSR count). The fraction of sp³-hybridized carbons (Fsp3) is 0.471. The summed E-state index contributed by atoms with van der Waals surface area (Å²) >= 11 is 0. The van der Waals surface area contributed by atoms with Crippen molar-refractivity contribution in [3.05, 3.63) is 18.0 Å². The van der Waals surface area contributed by atoms with Crippen molar-refractivity contribution in [2.45, 2.75) is 33.1 Å². The molecule has 7 nitrogen and oxygen atoms in total. The summed E-state index contributed by atoms with van der Waals surface area (Å²) in [6.07, 6.45) is 3.47. The highest BCUT2D eigenvalue weighted by Gasteiger charge is 2.16. The molecule has 7 heteroatoms. The molecule has 1 N–H and O–H groups in total. The van der Waals surface area contributed by atoms with Gasteiger partial charge in [-0.15, -0.1) is 10.2 Å². The molecule has 2 aromatic heterocycles. The van der Waals surface area contributed by atoms with Crippen LogP contribution in [0.25, 0.3) is 16.7 Å². The van der Waals surface area contributed by atoms with E-state index in [1.54, 1.807) is 14.2 Å². The number of aromatic nitrogens is 4. The summed E-state index contributed by atoms with van der Waals surface area (Å²) in [6.45, 7) is 4.98. The largest absolute Gasteiger partial charge is 0.493 e. The van der Waals surface area contributed by atoms with Crippen LogP contribution in [0.4, 0.5) is 5.82 Å². The molecule has 0 saturated carbocycles. The van der Waals surface area contributed by atoms with Crippen molar-refractivity contribution < 1.29 is 9.47 Å². The Morgan fingerprint density at radius 2 is 1.83 bits per heavy atom. The molecular formula is C17H23N5O2. The number of aryl methyl sites for hydroxylation is 1. The average Bonchev–Trinajstić information content (AvgIpc) is 2.99. The second-order valence-corrected chi connectivity index (χ2v) is 5.70. The van der Waals surface area contributed by atoms with Gasteiger partial charge in [-0.25, -0.2) is 4.98 Å². The number of methoxy groups -OCH3 is 2. The zero-order valence-electron chi connectivity index (χ0n) is 14.6. The molecule has 0 saturated heterocycles. The number of anilines is 1. The Morgan fingerprint density at radius 1 is 1.08 bits per heavy atom. The van der Waals surface area contributed by atoms with Gasteiger partial charge in [0.2, 0.25) is 5.65 Å². The molecule has 2 heterocycles. The third-order valence-electron chi connectivity index (χ3n) is 4.06. The van der Waals surface area contributed by atoms with Crippen LogP contribution in [0, 0.1) is 6.92 Å². The maximum absolute atomic E-state index is 5.41. The van der Waals surface area contributed by atoms with Crippen molar-refractivity contribution >= 4 is 22.5 Å². The highest BCUT2D eigenvalue weighted by molar-refractivity contribution is 5.85. The first-order valence-corrected chi connectivity index (χ1v) is 8.21. The van der Waals surface area contributed by atoms with E-state index in [1.165, 1.54) is 12.8 Å². The normalized spacial score (nSPS) is 11.2. The number of ether oxygens (including phenoxy) is 2. The molecule has 3 aromatic rings. The number of hydrogen-bond donors (Lipinski definition) is 1. The van der Waals surface area contributed by atoms with E-state index in [1.807, 2.05) is 23.5 Å². The smallest absolute Gasteiger partial charge is 0.204 e. The van der Waals surface area contributed by atoms with Crippen LogP contribution in [0.3, 0.4) is 0 Å². The second kappa shape index (κ2) is 6.90. The highest BCUT2D eigenvalue weighted by atomic mass is 16.5. The van der Waals surface area contributed by atoms with Gasteiger partial charge < -0.3 is 14.8 Å². The topological polar surface area (TPSA) is 73.6 Å². The predicted octanol–water partition coefficient (Wildman–Crippen LogP) is 3.21. The zero-order chi connectivity index (χ0) is 17.1. The van der Waals surface area contributed by atoms with Crippen molar-refractivity contribution in [3.8, 4) is 11.5 Å². The van der Waals surface area contributed by atoms with E-state index in [9.17, 15) is 0 Å². The molecule has 24 heavy (non-hydrogen) atoms. The van der Waals surface area contributed by atoms with E-state index in [4.69, 9.17) is 14.5 Å². The molecule has 0 atom stereocenters. The van der Waals surface area contributed by atoms with E-state index in [2.05, 4.69) is 22.4 Å². The molecule has 0 fully saturated rings. The van der Waals surface area contributed by atoms with Crippen molar-refractivity contribution in [3.63, 3.8) is 0 Å². The van der Waals surface area contributed by atoms with E-state index >= 15 is 0 Å². The number of nitrogens with zero attached hydrogens (tertiary/aromatic N) is 4. The summed E-state index contributed by atoms with van der Waals surface area (Å²) in [4.78, 5) is 4.73. The highest BCUT2D eigenvalue weighted by Crippen LogP contribution is 2.33. The standard InChI is InChI=1S/C17H23N5O2/c1-5-6-7-8-18-16-17-21-20-11(2)22(17)13-10-15(24-4)14(23-3)9-12(13)19-16/h9-10H,5-8H2,1-4H3,(H,18,19). The van der Waals surface area contributed by atoms with Gasteiger partial charge in [0, 0.05) is 18.7 Å². The lowest BCUT2D eigenvalue weighted by Crippen LogP contribution is -2.07. The number of unbranched alkanes of at least 4 members (excludes halogenated alkanes) is 2. The minimum atomic E-state index is 0.652. The van der Waals surface area contributed by atoms with Crippen molar-refractivity contribution in [2.24, 2.45) is 0 Å². The molecule has 128 valence electrons. The summed E-state index contributed by atoms with van der Waals surface area (Å²) in [6, 6.07) is 3.79. The van der Waals surface area contributed by atoms with Gasteiger partial charge in [0.15, 0.2) is 17.3 Å². The van der Waals surface area contributed by atoms with Gasteiger partial charge in [-0.1, -0.05) is 19.8 Å². The molecule has 0 aliphatic carbocycles. The van der Waals surface area contributed by atoms with Crippen LogP contribution in [-0.4, -0.2) is 40.3 Å². The first-order chi connectivity index (χ1) is 11.7. The van der Waals surface area contributed by atoms with Gasteiger partial charge in [-0.05, 0) is 13.3 Å². The lowest BCUT2D eigenvalue weighted by atomic mass is 10.2. The van der Waals surface area contributed by atoms with Crippen LogP contribution in [0.15, 0.2) is 12.1 Å². The monoisotopic (exact) mass is 329 g/mol. The van der Waals surface area contributed by atoms with Crippen LogP contribution in [0.1, 0.15) is 32.0 Å². The number of fused-ring (bicyclic) bond motifs is 3. The SMILES string of the molecule is CCCCCNc1nc2cc(OC)c(OC)cc2n2c(C)nnc12. The molecule has 0 bridgehead atoms. The summed E-state index contributed by atoms with van der Waals surface area (Å²) < 4.78 is 12.8. The minimum absolute atomic E-state index is 0.652. The van der Waals surface area contributed by atoms with Crippen molar-refractivity contribution in [1.82, 2.24) is 19.6 Å². The molecule has 0 amide bonds. The van der Waals surface area contributed by atoms with E-state index in [0.29, 0.717) is 11.5 Å². The molecule has 0 aliphatic heterocycles. The Bertz CT molecular complexity index is 859. The maximum atomic E-state index is 5.41. The second-order valence-electron chi connectivity index (χ2n) is 5.70. The van der Waals surface area contributed by atoms with Crippen molar-refractivity contribution in [1.29, 1.82) is 0 Å². The Kier molecular flexibility index (Phi) is 4.69. The summed E-state index contributed by atoms with van der Waals surface area (Å²) in [5.74, 6) is 2.86. The van der Waals surface area contributed by atoms with E-state index in [0.717, 1.165) is 41.3 Å². The first-order valence-electron chi connectivity index (χ1n) is 8.21. The lowest BCUT2D eigenvalue weighted by molar-refractivity contribution is 0.355. The Hall–Kier alpha value is -2.57. The quantitative estimate of drug-likeness (QED) is 0.671. The van der Waals surface area contributed by atoms with Gasteiger partial charge in [0.25, 0.3) is 0 Å². The number of rotatable bonds is 7. The third-order valence-corrected chi connectivity index (χ3v) is 4.06. The number of benzene rings is 1. The van der Waals surface area contributed by atoms with Crippen LogP contribution < -0.4 is 14.8 Å². The van der Waals surface area contributed by atoms with Crippen molar-refractivity contribution in [2.75, 3.05) is 26.1 Å². The molecule has 1 aromatic carbocycles. The minimum Gasteiger partial charge on any atom is -0.493 e. The summed E-state index contributed by atoms with van der Waals surface area (Å²) in [7, 11) is 3.24. The van der Waals surface area contributed by atoms with Crippen LogP contribution in [0.2, 0.25) is 0 Å². The molecule has 0 spiro atoms. The van der Waals surface area contributed by atoms with E-state index in [-0.39, 0.29) is 0 Å². The first kappa shape index (κ1) is 16.3. The predicted molar refractivity (Wildman–Crippen MR) is 94.1 cm³/mol.